The summed E-state index contributed by atoms with van der Waals surface area (Å²) < 4.78 is 1.51. The van der Waals surface area contributed by atoms with Gasteiger partial charge in [-0.25, -0.2) is 0 Å². The molecular weight excluding hydrogens is 323 g/mol. The van der Waals surface area contributed by atoms with E-state index in [0.29, 0.717) is 21.6 Å². The molecule has 0 unspecified atom stereocenters. The third-order valence-corrected chi connectivity index (χ3v) is 4.44. The van der Waals surface area contributed by atoms with E-state index in [1.807, 2.05) is 0 Å². The summed E-state index contributed by atoms with van der Waals surface area (Å²) in [6.45, 7) is 0. The first kappa shape index (κ1) is 15.4. The van der Waals surface area contributed by atoms with Gasteiger partial charge in [-0.05, 0) is 31.0 Å². The zero-order valence-electron chi connectivity index (χ0n) is 11.9. The summed E-state index contributed by atoms with van der Waals surface area (Å²) in [5, 5.41) is 10.6. The number of rotatable bonds is 2. The first-order chi connectivity index (χ1) is 10.5. The van der Waals surface area contributed by atoms with Crippen LogP contribution in [0.1, 0.15) is 43.8 Å². The third-order valence-electron chi connectivity index (χ3n) is 4.01. The predicted molar refractivity (Wildman–Crippen MR) is 87.3 cm³/mol. The highest BCUT2D eigenvalue weighted by molar-refractivity contribution is 6.34. The normalized spacial score (nSPS) is 15.9. The number of benzene rings is 1. The Hall–Kier alpha value is -1.52. The molecule has 0 amide bonds. The van der Waals surface area contributed by atoms with E-state index >= 15 is 0 Å². The van der Waals surface area contributed by atoms with E-state index in [-0.39, 0.29) is 17.4 Å². The molecule has 1 aliphatic rings. The fourth-order valence-corrected chi connectivity index (χ4v) is 3.56. The van der Waals surface area contributed by atoms with Crippen LogP contribution in [0.3, 0.4) is 0 Å². The fourth-order valence-electron chi connectivity index (χ4n) is 3.05. The van der Waals surface area contributed by atoms with Gasteiger partial charge in [0.25, 0.3) is 5.56 Å². The van der Waals surface area contributed by atoms with E-state index in [4.69, 9.17) is 23.2 Å². The summed E-state index contributed by atoms with van der Waals surface area (Å²) in [5.41, 5.74) is 0.252. The van der Waals surface area contributed by atoms with Gasteiger partial charge in [-0.2, -0.15) is 4.98 Å². The van der Waals surface area contributed by atoms with Gasteiger partial charge in [-0.1, -0.05) is 42.5 Å². The van der Waals surface area contributed by atoms with Crippen LogP contribution in [0.2, 0.25) is 10.0 Å². The van der Waals surface area contributed by atoms with Crippen molar-refractivity contribution in [1.82, 2.24) is 9.55 Å². The molecule has 1 aromatic carbocycles. The van der Waals surface area contributed by atoms with Gasteiger partial charge in [-0.3, -0.25) is 9.36 Å². The standard InChI is InChI=1S/C16H16Cl2N2O2/c17-11-6-12(18)8-13(7-11)20-15(22)9-14(21)19-16(20)10-4-2-1-3-5-10/h6-10,21H,1-5H2. The molecule has 4 nitrogen and oxygen atoms in total. The van der Waals surface area contributed by atoms with Gasteiger partial charge < -0.3 is 5.11 Å². The summed E-state index contributed by atoms with van der Waals surface area (Å²) >= 11 is 12.1. The predicted octanol–water partition coefficient (Wildman–Crippen LogP) is 4.29. The van der Waals surface area contributed by atoms with Crippen molar-refractivity contribution in [2.45, 2.75) is 38.0 Å². The summed E-state index contributed by atoms with van der Waals surface area (Å²) in [5.74, 6) is 0.504. The van der Waals surface area contributed by atoms with Gasteiger partial charge in [0.1, 0.15) is 5.82 Å². The van der Waals surface area contributed by atoms with E-state index < -0.39 is 0 Å². The molecule has 1 N–H and O–H groups in total. The molecule has 22 heavy (non-hydrogen) atoms. The molecule has 0 radical (unpaired) electrons. The van der Waals surface area contributed by atoms with Gasteiger partial charge in [0.2, 0.25) is 5.88 Å². The van der Waals surface area contributed by atoms with Crippen LogP contribution in [0.4, 0.5) is 0 Å². The van der Waals surface area contributed by atoms with E-state index in [1.165, 1.54) is 11.0 Å². The molecule has 1 heterocycles. The molecule has 6 heteroatoms. The zero-order valence-corrected chi connectivity index (χ0v) is 13.4. The molecule has 0 spiro atoms. The molecule has 2 aromatic rings. The first-order valence-corrected chi connectivity index (χ1v) is 8.09. The van der Waals surface area contributed by atoms with E-state index in [0.717, 1.165) is 31.7 Å². The Morgan fingerprint density at radius 1 is 1.05 bits per heavy atom. The minimum absolute atomic E-state index is 0.159. The Balaban J connectivity index is 2.18. The number of aromatic nitrogens is 2. The maximum atomic E-state index is 12.4. The molecule has 0 aliphatic heterocycles. The average molecular weight is 339 g/mol. The summed E-state index contributed by atoms with van der Waals surface area (Å²) in [6, 6.07) is 6.09. The van der Waals surface area contributed by atoms with E-state index in [2.05, 4.69) is 4.98 Å². The monoisotopic (exact) mass is 338 g/mol. The Morgan fingerprint density at radius 2 is 1.68 bits per heavy atom. The highest BCUT2D eigenvalue weighted by Crippen LogP contribution is 2.33. The summed E-state index contributed by atoms with van der Waals surface area (Å²) in [4.78, 5) is 16.6. The van der Waals surface area contributed by atoms with Gasteiger partial charge in [0.15, 0.2) is 0 Å². The minimum atomic E-state index is -0.327. The van der Waals surface area contributed by atoms with Gasteiger partial charge >= 0.3 is 0 Å². The summed E-state index contributed by atoms with van der Waals surface area (Å²) in [6.07, 6.45) is 5.33. The Morgan fingerprint density at radius 3 is 2.32 bits per heavy atom. The van der Waals surface area contributed by atoms with E-state index in [1.54, 1.807) is 18.2 Å². The quantitative estimate of drug-likeness (QED) is 0.888. The molecule has 1 aromatic heterocycles. The van der Waals surface area contributed by atoms with Crippen LogP contribution < -0.4 is 5.56 Å². The topological polar surface area (TPSA) is 55.1 Å². The molecule has 0 atom stereocenters. The molecule has 1 saturated carbocycles. The van der Waals surface area contributed by atoms with Crippen LogP contribution in [0, 0.1) is 0 Å². The number of hydrogen-bond donors (Lipinski definition) is 1. The third kappa shape index (κ3) is 3.13. The van der Waals surface area contributed by atoms with Gasteiger partial charge in [0.05, 0.1) is 11.8 Å². The van der Waals surface area contributed by atoms with Crippen LogP contribution in [0.25, 0.3) is 5.69 Å². The first-order valence-electron chi connectivity index (χ1n) is 7.34. The smallest absolute Gasteiger partial charge is 0.261 e. The average Bonchev–Trinajstić information content (AvgIpc) is 2.46. The van der Waals surface area contributed by atoms with Crippen LogP contribution in [-0.2, 0) is 0 Å². The van der Waals surface area contributed by atoms with Crippen molar-refractivity contribution in [2.75, 3.05) is 0 Å². The highest BCUT2D eigenvalue weighted by atomic mass is 35.5. The van der Waals surface area contributed by atoms with Crippen LogP contribution in [0.5, 0.6) is 5.88 Å². The van der Waals surface area contributed by atoms with Crippen molar-refractivity contribution in [3.63, 3.8) is 0 Å². The second-order valence-corrected chi connectivity index (χ2v) is 6.48. The van der Waals surface area contributed by atoms with Gasteiger partial charge in [0, 0.05) is 16.0 Å². The maximum Gasteiger partial charge on any atom is 0.261 e. The number of nitrogens with zero attached hydrogens (tertiary/aromatic N) is 2. The molecule has 116 valence electrons. The number of hydrogen-bond acceptors (Lipinski definition) is 3. The molecule has 0 bridgehead atoms. The van der Waals surface area contributed by atoms with Crippen molar-refractivity contribution in [1.29, 1.82) is 0 Å². The van der Waals surface area contributed by atoms with Crippen LogP contribution in [0.15, 0.2) is 29.1 Å². The lowest BCUT2D eigenvalue weighted by Gasteiger charge is -2.24. The Kier molecular flexibility index (Phi) is 4.41. The molecule has 1 fully saturated rings. The highest BCUT2D eigenvalue weighted by Gasteiger charge is 2.22. The van der Waals surface area contributed by atoms with Gasteiger partial charge in [-0.15, -0.1) is 0 Å². The summed E-state index contributed by atoms with van der Waals surface area (Å²) in [7, 11) is 0. The zero-order chi connectivity index (χ0) is 15.7. The lowest BCUT2D eigenvalue weighted by atomic mass is 9.88. The molecule has 1 aliphatic carbocycles. The van der Waals surface area contributed by atoms with Crippen molar-refractivity contribution < 1.29 is 5.11 Å². The molecule has 0 saturated heterocycles. The second-order valence-electron chi connectivity index (χ2n) is 5.61. The van der Waals surface area contributed by atoms with Crippen molar-refractivity contribution >= 4 is 23.2 Å². The lowest BCUT2D eigenvalue weighted by Crippen LogP contribution is -2.25. The Bertz CT molecular complexity index is 732. The van der Waals surface area contributed by atoms with E-state index in [9.17, 15) is 9.90 Å². The van der Waals surface area contributed by atoms with Crippen LogP contribution in [-0.4, -0.2) is 14.7 Å². The molecular formula is C16H16Cl2N2O2. The van der Waals surface area contributed by atoms with Crippen molar-refractivity contribution in [2.24, 2.45) is 0 Å². The maximum absolute atomic E-state index is 12.4. The number of halogens is 2. The number of aromatic hydroxyl groups is 1. The SMILES string of the molecule is O=c1cc(O)nc(C2CCCCC2)n1-c1cc(Cl)cc(Cl)c1. The van der Waals surface area contributed by atoms with Crippen molar-refractivity contribution in [3.8, 4) is 11.6 Å². The minimum Gasteiger partial charge on any atom is -0.493 e. The van der Waals surface area contributed by atoms with Crippen LogP contribution >= 0.6 is 23.2 Å². The largest absolute Gasteiger partial charge is 0.493 e. The fraction of sp³-hybridized carbons (Fsp3) is 0.375. The second kappa shape index (κ2) is 6.31. The molecule has 3 rings (SSSR count). The van der Waals surface area contributed by atoms with Crippen molar-refractivity contribution in [3.05, 3.63) is 50.5 Å². The Labute approximate surface area is 138 Å². The lowest BCUT2D eigenvalue weighted by molar-refractivity contribution is 0.402.